The lowest BCUT2D eigenvalue weighted by Gasteiger charge is -2.22. The average Bonchev–Trinajstić information content (AvgIpc) is 2.80. The molecule has 0 aromatic carbocycles. The number of fused-ring (bicyclic) bond motifs is 1. The summed E-state index contributed by atoms with van der Waals surface area (Å²) in [6, 6.07) is 0. The van der Waals surface area contributed by atoms with E-state index in [1.54, 1.807) is 0 Å². The molecule has 3 rings (SSSR count). The highest BCUT2D eigenvalue weighted by Crippen LogP contribution is 2.52. The SMILES string of the molecule is COC(=O)[C@@H]1[C@H]2O[C@H]3[C@H](OC(=O)[C@H]31)[C@@H]2Br. The molecule has 3 aliphatic rings. The lowest BCUT2D eigenvalue weighted by Crippen LogP contribution is -2.43. The summed E-state index contributed by atoms with van der Waals surface area (Å²) in [4.78, 5) is 23.0. The molecule has 0 unspecified atom stereocenters. The Balaban J connectivity index is 1.98. The first kappa shape index (κ1) is 9.59. The van der Waals surface area contributed by atoms with Crippen molar-refractivity contribution in [2.24, 2.45) is 11.8 Å². The molecule has 15 heavy (non-hydrogen) atoms. The Morgan fingerprint density at radius 3 is 2.80 bits per heavy atom. The van der Waals surface area contributed by atoms with Crippen LogP contribution in [0.2, 0.25) is 0 Å². The maximum atomic E-state index is 11.6. The van der Waals surface area contributed by atoms with Gasteiger partial charge in [0, 0.05) is 0 Å². The molecule has 0 N–H and O–H groups in total. The molecule has 2 bridgehead atoms. The van der Waals surface area contributed by atoms with Gasteiger partial charge in [0.05, 0.1) is 18.0 Å². The Hall–Kier alpha value is -0.620. The van der Waals surface area contributed by atoms with Crippen molar-refractivity contribution in [3.05, 3.63) is 0 Å². The van der Waals surface area contributed by atoms with Crippen LogP contribution in [0.25, 0.3) is 0 Å². The van der Waals surface area contributed by atoms with Crippen molar-refractivity contribution in [2.45, 2.75) is 23.1 Å². The van der Waals surface area contributed by atoms with E-state index in [0.717, 1.165) is 0 Å². The highest BCUT2D eigenvalue weighted by atomic mass is 79.9. The van der Waals surface area contributed by atoms with E-state index >= 15 is 0 Å². The number of carbonyl (C=O) groups is 2. The number of hydrogen-bond donors (Lipinski definition) is 0. The van der Waals surface area contributed by atoms with Gasteiger partial charge in [0.1, 0.15) is 24.0 Å². The lowest BCUT2D eigenvalue weighted by atomic mass is 9.80. The van der Waals surface area contributed by atoms with Gasteiger partial charge in [-0.1, -0.05) is 15.9 Å². The number of ether oxygens (including phenoxy) is 3. The first-order valence-electron chi connectivity index (χ1n) is 4.73. The number of hydrogen-bond acceptors (Lipinski definition) is 5. The topological polar surface area (TPSA) is 61.8 Å². The van der Waals surface area contributed by atoms with Gasteiger partial charge in [-0.15, -0.1) is 0 Å². The predicted molar refractivity (Wildman–Crippen MR) is 50.3 cm³/mol. The molecule has 0 amide bonds. The molecule has 3 saturated heterocycles. The molecule has 82 valence electrons. The fourth-order valence-electron chi connectivity index (χ4n) is 2.72. The van der Waals surface area contributed by atoms with Gasteiger partial charge in [-0.2, -0.15) is 0 Å². The zero-order valence-electron chi connectivity index (χ0n) is 7.88. The van der Waals surface area contributed by atoms with Crippen molar-refractivity contribution in [3.63, 3.8) is 0 Å². The summed E-state index contributed by atoms with van der Waals surface area (Å²) in [7, 11) is 1.31. The maximum Gasteiger partial charge on any atom is 0.313 e. The minimum Gasteiger partial charge on any atom is -0.469 e. The molecule has 6 heteroatoms. The van der Waals surface area contributed by atoms with Gasteiger partial charge in [0.2, 0.25) is 0 Å². The van der Waals surface area contributed by atoms with Gasteiger partial charge in [0.15, 0.2) is 0 Å². The van der Waals surface area contributed by atoms with Crippen molar-refractivity contribution in [2.75, 3.05) is 7.11 Å². The van der Waals surface area contributed by atoms with E-state index in [4.69, 9.17) is 9.47 Å². The van der Waals surface area contributed by atoms with E-state index in [1.165, 1.54) is 7.11 Å². The van der Waals surface area contributed by atoms with E-state index in [1.807, 2.05) is 0 Å². The molecule has 3 fully saturated rings. The molecule has 0 radical (unpaired) electrons. The molecule has 0 aliphatic carbocycles. The van der Waals surface area contributed by atoms with Crippen LogP contribution in [0, 0.1) is 11.8 Å². The molecule has 0 aromatic heterocycles. The second-order valence-electron chi connectivity index (χ2n) is 3.99. The van der Waals surface area contributed by atoms with Crippen molar-refractivity contribution in [3.8, 4) is 0 Å². The highest BCUT2D eigenvalue weighted by molar-refractivity contribution is 9.09. The third kappa shape index (κ3) is 1.01. The van der Waals surface area contributed by atoms with Crippen LogP contribution < -0.4 is 0 Å². The maximum absolute atomic E-state index is 11.6. The number of esters is 2. The summed E-state index contributed by atoms with van der Waals surface area (Å²) < 4.78 is 15.4. The average molecular weight is 277 g/mol. The monoisotopic (exact) mass is 276 g/mol. The first-order chi connectivity index (χ1) is 7.15. The van der Waals surface area contributed by atoms with Gasteiger partial charge >= 0.3 is 11.9 Å². The number of alkyl halides is 1. The quantitative estimate of drug-likeness (QED) is 0.493. The van der Waals surface area contributed by atoms with Gasteiger partial charge in [-0.3, -0.25) is 9.59 Å². The van der Waals surface area contributed by atoms with E-state index < -0.39 is 17.8 Å². The highest BCUT2D eigenvalue weighted by Gasteiger charge is 2.69. The van der Waals surface area contributed by atoms with Crippen LogP contribution in [-0.2, 0) is 23.8 Å². The Morgan fingerprint density at radius 1 is 1.40 bits per heavy atom. The van der Waals surface area contributed by atoms with Crippen molar-refractivity contribution < 1.29 is 23.8 Å². The van der Waals surface area contributed by atoms with E-state index in [9.17, 15) is 9.59 Å². The van der Waals surface area contributed by atoms with Crippen LogP contribution in [0.15, 0.2) is 0 Å². The van der Waals surface area contributed by atoms with Crippen molar-refractivity contribution in [1.82, 2.24) is 0 Å². The van der Waals surface area contributed by atoms with Crippen LogP contribution in [0.5, 0.6) is 0 Å². The zero-order chi connectivity index (χ0) is 10.7. The molecule has 5 nitrogen and oxygen atoms in total. The molecular weight excluding hydrogens is 268 g/mol. The normalized spacial score (nSPS) is 50.7. The zero-order valence-corrected chi connectivity index (χ0v) is 9.47. The molecular formula is C9H9BrO5. The van der Waals surface area contributed by atoms with E-state index in [0.29, 0.717) is 0 Å². The number of carbonyl (C=O) groups excluding carboxylic acids is 2. The second-order valence-corrected chi connectivity index (χ2v) is 5.04. The summed E-state index contributed by atoms with van der Waals surface area (Å²) >= 11 is 3.40. The first-order valence-corrected chi connectivity index (χ1v) is 5.64. The second kappa shape index (κ2) is 2.95. The number of halogens is 1. The third-order valence-electron chi connectivity index (χ3n) is 3.36. The van der Waals surface area contributed by atoms with Gasteiger partial charge in [-0.05, 0) is 0 Å². The van der Waals surface area contributed by atoms with Crippen molar-refractivity contribution >= 4 is 27.9 Å². The summed E-state index contributed by atoms with van der Waals surface area (Å²) in [5.74, 6) is -1.73. The molecule has 0 saturated carbocycles. The molecule has 6 atom stereocenters. The fourth-order valence-corrected chi connectivity index (χ4v) is 3.59. The van der Waals surface area contributed by atoms with Crippen LogP contribution in [0.4, 0.5) is 0 Å². The van der Waals surface area contributed by atoms with Crippen LogP contribution in [0.1, 0.15) is 0 Å². The van der Waals surface area contributed by atoms with Gasteiger partial charge in [0.25, 0.3) is 0 Å². The Labute approximate surface area is 94.2 Å². The predicted octanol–water partition coefficient (Wildman–Crippen LogP) is -0.138. The van der Waals surface area contributed by atoms with Gasteiger partial charge in [-0.25, -0.2) is 0 Å². The third-order valence-corrected chi connectivity index (χ3v) is 4.40. The van der Waals surface area contributed by atoms with Crippen LogP contribution >= 0.6 is 15.9 Å². The number of rotatable bonds is 1. The van der Waals surface area contributed by atoms with Crippen LogP contribution in [0.3, 0.4) is 0 Å². The largest absolute Gasteiger partial charge is 0.469 e. The smallest absolute Gasteiger partial charge is 0.313 e. The van der Waals surface area contributed by atoms with Crippen molar-refractivity contribution in [1.29, 1.82) is 0 Å². The molecule has 0 aromatic rings. The Morgan fingerprint density at radius 2 is 2.13 bits per heavy atom. The summed E-state index contributed by atoms with van der Waals surface area (Å²) in [5, 5.41) is 0. The lowest BCUT2D eigenvalue weighted by molar-refractivity contribution is -0.153. The van der Waals surface area contributed by atoms with E-state index in [2.05, 4.69) is 20.7 Å². The molecule has 3 heterocycles. The minimum atomic E-state index is -0.518. The summed E-state index contributed by atoms with van der Waals surface area (Å²) in [6.45, 7) is 0. The number of methoxy groups -OCH3 is 1. The van der Waals surface area contributed by atoms with Gasteiger partial charge < -0.3 is 14.2 Å². The molecule has 3 aliphatic heterocycles. The Bertz CT molecular complexity index is 343. The standard InChI is InChI=1S/C9H9BrO5/c1-13-8(11)2-3-6-7(15-9(3)12)4(10)5(2)14-6/h2-7H,1H3/t2-,3-,4+,5+,6+,7+/m0/s1. The van der Waals surface area contributed by atoms with Crippen LogP contribution in [-0.4, -0.2) is 42.2 Å². The minimum absolute atomic E-state index is 0.103. The summed E-state index contributed by atoms with van der Waals surface area (Å²) in [5.41, 5.74) is 0. The fraction of sp³-hybridized carbons (Fsp3) is 0.778. The van der Waals surface area contributed by atoms with E-state index in [-0.39, 0.29) is 29.1 Å². The Kier molecular flexibility index (Phi) is 1.88. The summed E-state index contributed by atoms with van der Waals surface area (Å²) in [6.07, 6.45) is -0.826. The molecule has 0 spiro atoms.